The number of benzene rings is 1. The Balaban J connectivity index is 1.99. The van der Waals surface area contributed by atoms with E-state index >= 15 is 0 Å². The van der Waals surface area contributed by atoms with Crippen LogP contribution in [0.15, 0.2) is 24.3 Å². The lowest BCUT2D eigenvalue weighted by molar-refractivity contribution is 0.0717. The van der Waals surface area contributed by atoms with Crippen molar-refractivity contribution in [1.82, 2.24) is 5.32 Å². The number of aliphatic hydroxyl groups excluding tert-OH is 1. The molecule has 21 heavy (non-hydrogen) atoms. The molecule has 7 heteroatoms. The molecule has 0 bridgehead atoms. The van der Waals surface area contributed by atoms with Gasteiger partial charge in [-0.2, -0.15) is 0 Å². The van der Waals surface area contributed by atoms with Crippen molar-refractivity contribution in [3.63, 3.8) is 0 Å². The molecule has 1 aliphatic rings. The molecule has 0 aromatic heterocycles. The van der Waals surface area contributed by atoms with Crippen LogP contribution in [0.1, 0.15) is 41.6 Å². The summed E-state index contributed by atoms with van der Waals surface area (Å²) in [6, 6.07) is 6.04. The predicted molar refractivity (Wildman–Crippen MR) is 79.0 cm³/mol. The molecule has 1 aromatic carbocycles. The predicted octanol–water partition coefficient (Wildman–Crippen LogP) is 0.508. The van der Waals surface area contributed by atoms with E-state index in [1.165, 1.54) is 0 Å². The second-order valence-electron chi connectivity index (χ2n) is 5.44. The van der Waals surface area contributed by atoms with Crippen molar-refractivity contribution in [2.45, 2.75) is 43.6 Å². The molecule has 6 nitrogen and oxygen atoms in total. The third kappa shape index (κ3) is 4.80. The molecule has 2 unspecified atom stereocenters. The van der Waals surface area contributed by atoms with Gasteiger partial charge in [0.2, 0.25) is 10.0 Å². The van der Waals surface area contributed by atoms with Crippen LogP contribution in [0, 0.1) is 0 Å². The molecule has 0 spiro atoms. The lowest BCUT2D eigenvalue weighted by Gasteiger charge is -2.28. The number of nitrogens with two attached hydrogens (primary N) is 1. The van der Waals surface area contributed by atoms with E-state index in [-0.39, 0.29) is 17.7 Å². The van der Waals surface area contributed by atoms with Gasteiger partial charge in [-0.3, -0.25) is 4.79 Å². The lowest BCUT2D eigenvalue weighted by atomic mass is 9.92. The van der Waals surface area contributed by atoms with Crippen LogP contribution in [-0.2, 0) is 15.8 Å². The summed E-state index contributed by atoms with van der Waals surface area (Å²) < 4.78 is 22.0. The van der Waals surface area contributed by atoms with Crippen molar-refractivity contribution in [1.29, 1.82) is 0 Å². The summed E-state index contributed by atoms with van der Waals surface area (Å²) in [6.07, 6.45) is 2.96. The van der Waals surface area contributed by atoms with Crippen molar-refractivity contribution in [2.75, 3.05) is 0 Å². The van der Waals surface area contributed by atoms with E-state index < -0.39 is 16.1 Å². The first-order chi connectivity index (χ1) is 9.85. The zero-order valence-corrected chi connectivity index (χ0v) is 12.5. The Bertz CT molecular complexity index is 598. The molecule has 2 atom stereocenters. The standard InChI is InChI=1S/C14H20N2O4S/c15-21(19,20)9-10-5-7-11(8-6-10)14(18)16-12-3-1-2-4-13(12)17/h5-8,12-13,17H,1-4,9H2,(H,16,18)(H2,15,19,20). The number of sulfonamides is 1. The Hall–Kier alpha value is -1.44. The molecule has 2 rings (SSSR count). The number of aliphatic hydroxyl groups is 1. The Morgan fingerprint density at radius 2 is 1.86 bits per heavy atom. The van der Waals surface area contributed by atoms with E-state index in [4.69, 9.17) is 5.14 Å². The van der Waals surface area contributed by atoms with Crippen LogP contribution in [-0.4, -0.2) is 31.6 Å². The molecular weight excluding hydrogens is 292 g/mol. The maximum atomic E-state index is 12.1. The smallest absolute Gasteiger partial charge is 0.251 e. The maximum absolute atomic E-state index is 12.1. The number of hydrogen-bond acceptors (Lipinski definition) is 4. The number of hydrogen-bond donors (Lipinski definition) is 3. The second kappa shape index (κ2) is 6.55. The van der Waals surface area contributed by atoms with Gasteiger partial charge < -0.3 is 10.4 Å². The van der Waals surface area contributed by atoms with Gasteiger partial charge in [0, 0.05) is 5.56 Å². The van der Waals surface area contributed by atoms with E-state index in [1.54, 1.807) is 24.3 Å². The molecular formula is C14H20N2O4S. The largest absolute Gasteiger partial charge is 0.391 e. The Morgan fingerprint density at radius 3 is 2.43 bits per heavy atom. The van der Waals surface area contributed by atoms with E-state index in [1.807, 2.05) is 0 Å². The van der Waals surface area contributed by atoms with E-state index in [0.717, 1.165) is 19.3 Å². The molecule has 116 valence electrons. The van der Waals surface area contributed by atoms with Crippen molar-refractivity contribution in [3.05, 3.63) is 35.4 Å². The topological polar surface area (TPSA) is 109 Å². The fourth-order valence-electron chi connectivity index (χ4n) is 2.52. The fourth-order valence-corrected chi connectivity index (χ4v) is 3.17. The first kappa shape index (κ1) is 15.9. The maximum Gasteiger partial charge on any atom is 0.251 e. The minimum Gasteiger partial charge on any atom is -0.391 e. The average molecular weight is 312 g/mol. The molecule has 0 saturated heterocycles. The third-order valence-electron chi connectivity index (χ3n) is 3.63. The summed E-state index contributed by atoms with van der Waals surface area (Å²) in [5.41, 5.74) is 0.970. The number of carbonyl (C=O) groups excluding carboxylic acids is 1. The highest BCUT2D eigenvalue weighted by Crippen LogP contribution is 2.19. The van der Waals surface area contributed by atoms with E-state index in [0.29, 0.717) is 17.5 Å². The molecule has 0 radical (unpaired) electrons. The highest BCUT2D eigenvalue weighted by Gasteiger charge is 2.24. The highest BCUT2D eigenvalue weighted by atomic mass is 32.2. The fraction of sp³-hybridized carbons (Fsp3) is 0.500. The zero-order valence-electron chi connectivity index (χ0n) is 11.7. The SMILES string of the molecule is NS(=O)(=O)Cc1ccc(C(=O)NC2CCCCC2O)cc1. The van der Waals surface area contributed by atoms with Gasteiger partial charge in [-0.05, 0) is 30.5 Å². The van der Waals surface area contributed by atoms with Crippen LogP contribution < -0.4 is 10.5 Å². The quantitative estimate of drug-likeness (QED) is 0.752. The molecule has 1 saturated carbocycles. The Labute approximate surface area is 124 Å². The molecule has 1 fully saturated rings. The van der Waals surface area contributed by atoms with Crippen molar-refractivity contribution in [2.24, 2.45) is 5.14 Å². The highest BCUT2D eigenvalue weighted by molar-refractivity contribution is 7.88. The van der Waals surface area contributed by atoms with Gasteiger partial charge in [0.15, 0.2) is 0 Å². The third-order valence-corrected chi connectivity index (χ3v) is 4.37. The van der Waals surface area contributed by atoms with Gasteiger partial charge in [0.25, 0.3) is 5.91 Å². The summed E-state index contributed by atoms with van der Waals surface area (Å²) in [6.45, 7) is 0. The normalized spacial score (nSPS) is 22.8. The summed E-state index contributed by atoms with van der Waals surface area (Å²) in [7, 11) is -3.57. The van der Waals surface area contributed by atoms with Gasteiger partial charge in [0.1, 0.15) is 0 Å². The average Bonchev–Trinajstić information content (AvgIpc) is 2.40. The molecule has 1 aliphatic carbocycles. The van der Waals surface area contributed by atoms with Crippen LogP contribution in [0.5, 0.6) is 0 Å². The molecule has 1 aromatic rings. The monoisotopic (exact) mass is 312 g/mol. The van der Waals surface area contributed by atoms with Gasteiger partial charge in [0.05, 0.1) is 17.9 Å². The molecule has 1 amide bonds. The van der Waals surface area contributed by atoms with Crippen molar-refractivity contribution in [3.8, 4) is 0 Å². The molecule has 0 heterocycles. The minimum absolute atomic E-state index is 0.213. The van der Waals surface area contributed by atoms with E-state index in [2.05, 4.69) is 5.32 Å². The van der Waals surface area contributed by atoms with Crippen LogP contribution in [0.3, 0.4) is 0 Å². The summed E-state index contributed by atoms with van der Waals surface area (Å²) in [4.78, 5) is 12.1. The van der Waals surface area contributed by atoms with Crippen molar-refractivity contribution < 1.29 is 18.3 Å². The second-order valence-corrected chi connectivity index (χ2v) is 7.05. The van der Waals surface area contributed by atoms with Gasteiger partial charge >= 0.3 is 0 Å². The van der Waals surface area contributed by atoms with Crippen LogP contribution in [0.25, 0.3) is 0 Å². The minimum atomic E-state index is -3.57. The first-order valence-electron chi connectivity index (χ1n) is 6.93. The van der Waals surface area contributed by atoms with E-state index in [9.17, 15) is 18.3 Å². The summed E-state index contributed by atoms with van der Waals surface area (Å²) >= 11 is 0. The molecule has 0 aliphatic heterocycles. The number of amides is 1. The van der Waals surface area contributed by atoms with Crippen LogP contribution in [0.4, 0.5) is 0 Å². The number of rotatable bonds is 4. The van der Waals surface area contributed by atoms with Crippen molar-refractivity contribution >= 4 is 15.9 Å². The first-order valence-corrected chi connectivity index (χ1v) is 8.65. The van der Waals surface area contributed by atoms with Gasteiger partial charge in [-0.15, -0.1) is 0 Å². The van der Waals surface area contributed by atoms with Crippen LogP contribution >= 0.6 is 0 Å². The van der Waals surface area contributed by atoms with Gasteiger partial charge in [-0.1, -0.05) is 25.0 Å². The Morgan fingerprint density at radius 1 is 1.24 bits per heavy atom. The lowest BCUT2D eigenvalue weighted by Crippen LogP contribution is -2.45. The number of nitrogens with one attached hydrogen (secondary N) is 1. The summed E-state index contributed by atoms with van der Waals surface area (Å²) in [5.74, 6) is -0.515. The summed E-state index contributed by atoms with van der Waals surface area (Å²) in [5, 5.41) is 17.6. The number of carbonyl (C=O) groups is 1. The molecule has 4 N–H and O–H groups in total. The zero-order chi connectivity index (χ0) is 15.5. The van der Waals surface area contributed by atoms with Crippen LogP contribution in [0.2, 0.25) is 0 Å². The Kier molecular flexibility index (Phi) is 4.97. The van der Waals surface area contributed by atoms with Gasteiger partial charge in [-0.25, -0.2) is 13.6 Å². The number of primary sulfonamides is 1.